The van der Waals surface area contributed by atoms with E-state index in [1.165, 1.54) is 16.7 Å². The van der Waals surface area contributed by atoms with Gasteiger partial charge in [0.1, 0.15) is 5.82 Å². The molecule has 0 amide bonds. The minimum atomic E-state index is -3.95. The Labute approximate surface area is 116 Å². The lowest BCUT2D eigenvalue weighted by molar-refractivity contribution is 0.559. The maximum Gasteiger partial charge on any atom is 0.273 e. The first-order valence-electron chi connectivity index (χ1n) is 6.07. The smallest absolute Gasteiger partial charge is 0.273 e. The van der Waals surface area contributed by atoms with Crippen LogP contribution in [0, 0.1) is 12.7 Å². The zero-order chi connectivity index (χ0) is 14.9. The van der Waals surface area contributed by atoms with Crippen molar-refractivity contribution in [3.05, 3.63) is 29.6 Å². The lowest BCUT2D eigenvalue weighted by atomic mass is 10.1. The molecule has 20 heavy (non-hydrogen) atoms. The van der Waals surface area contributed by atoms with Crippen LogP contribution in [0.4, 0.5) is 4.39 Å². The van der Waals surface area contributed by atoms with Gasteiger partial charge in [-0.1, -0.05) is 6.92 Å². The van der Waals surface area contributed by atoms with Crippen LogP contribution in [-0.4, -0.2) is 23.2 Å². The summed E-state index contributed by atoms with van der Waals surface area (Å²) in [6.45, 7) is 3.93. The topological polar surface area (TPSA) is 90.9 Å². The Morgan fingerprint density at radius 2 is 2.05 bits per heavy atom. The van der Waals surface area contributed by atoms with Crippen molar-refractivity contribution in [2.24, 2.45) is 5.14 Å². The van der Waals surface area contributed by atoms with Crippen LogP contribution in [0.1, 0.15) is 18.9 Å². The highest BCUT2D eigenvalue weighted by atomic mass is 32.2. The summed E-state index contributed by atoms with van der Waals surface area (Å²) in [7, 11) is -3.95. The van der Waals surface area contributed by atoms with E-state index in [-0.39, 0.29) is 11.0 Å². The van der Waals surface area contributed by atoms with Gasteiger partial charge >= 0.3 is 0 Å². The molecule has 0 aliphatic carbocycles. The van der Waals surface area contributed by atoms with E-state index >= 15 is 0 Å². The molecule has 0 spiro atoms. The Kier molecular flexibility index (Phi) is 3.87. The summed E-state index contributed by atoms with van der Waals surface area (Å²) in [5, 5.41) is 12.4. The molecule has 0 bridgehead atoms. The number of rotatable bonds is 4. The van der Waals surface area contributed by atoms with E-state index in [0.29, 0.717) is 29.9 Å². The molecule has 108 valence electrons. The van der Waals surface area contributed by atoms with Gasteiger partial charge in [-0.3, -0.25) is 4.57 Å². The highest BCUT2D eigenvalue weighted by Crippen LogP contribution is 2.22. The maximum absolute atomic E-state index is 13.3. The molecule has 1 aromatic carbocycles. The van der Waals surface area contributed by atoms with Crippen molar-refractivity contribution in [3.63, 3.8) is 0 Å². The number of sulfonamides is 1. The molecule has 2 rings (SSSR count). The average molecular weight is 298 g/mol. The number of benzene rings is 1. The van der Waals surface area contributed by atoms with Gasteiger partial charge in [0.15, 0.2) is 5.82 Å². The van der Waals surface area contributed by atoms with Gasteiger partial charge in [-0.15, -0.1) is 10.2 Å². The summed E-state index contributed by atoms with van der Waals surface area (Å²) >= 11 is 0. The van der Waals surface area contributed by atoms with Crippen LogP contribution in [-0.2, 0) is 16.6 Å². The molecule has 6 nitrogen and oxygen atoms in total. The van der Waals surface area contributed by atoms with Crippen LogP contribution in [0.5, 0.6) is 0 Å². The summed E-state index contributed by atoms with van der Waals surface area (Å²) in [4.78, 5) is 0. The lowest BCUT2D eigenvalue weighted by Crippen LogP contribution is -2.19. The van der Waals surface area contributed by atoms with Crippen LogP contribution < -0.4 is 5.14 Å². The number of nitrogens with zero attached hydrogens (tertiary/aromatic N) is 3. The van der Waals surface area contributed by atoms with Gasteiger partial charge < -0.3 is 0 Å². The SMILES string of the molecule is CCCn1c(-c2ccc(F)c(C)c2)nnc1S(N)(=O)=O. The molecule has 0 fully saturated rings. The van der Waals surface area contributed by atoms with Crippen molar-refractivity contribution in [3.8, 4) is 11.4 Å². The molecule has 0 aliphatic heterocycles. The average Bonchev–Trinajstić information content (AvgIpc) is 2.77. The standard InChI is InChI=1S/C12H15FN4O2S/c1-3-6-17-11(15-16-12(17)20(14,18)19)9-4-5-10(13)8(2)7-9/h4-5,7H,3,6H2,1-2H3,(H2,14,18,19). The molecule has 0 unspecified atom stereocenters. The highest BCUT2D eigenvalue weighted by molar-refractivity contribution is 7.89. The minimum absolute atomic E-state index is 0.281. The largest absolute Gasteiger partial charge is 0.297 e. The van der Waals surface area contributed by atoms with Gasteiger partial charge in [0.05, 0.1) is 0 Å². The number of primary sulfonamides is 1. The molecule has 0 atom stereocenters. The van der Waals surface area contributed by atoms with Crippen LogP contribution in [0.3, 0.4) is 0 Å². The molecular formula is C12H15FN4O2S. The Morgan fingerprint density at radius 3 is 2.60 bits per heavy atom. The third-order valence-electron chi connectivity index (χ3n) is 2.83. The van der Waals surface area contributed by atoms with Gasteiger partial charge in [-0.2, -0.15) is 0 Å². The van der Waals surface area contributed by atoms with Crippen LogP contribution in [0.15, 0.2) is 23.4 Å². The second-order valence-electron chi connectivity index (χ2n) is 4.47. The third kappa shape index (κ3) is 2.70. The first-order chi connectivity index (χ1) is 9.34. The third-order valence-corrected chi connectivity index (χ3v) is 3.65. The van der Waals surface area contributed by atoms with E-state index in [4.69, 9.17) is 5.14 Å². The molecule has 0 radical (unpaired) electrons. The molecular weight excluding hydrogens is 283 g/mol. The van der Waals surface area contributed by atoms with Crippen LogP contribution in [0.2, 0.25) is 0 Å². The second kappa shape index (κ2) is 5.29. The molecule has 0 aliphatic rings. The number of aryl methyl sites for hydroxylation is 1. The van der Waals surface area contributed by atoms with Gasteiger partial charge in [0, 0.05) is 12.1 Å². The summed E-state index contributed by atoms with van der Waals surface area (Å²) in [6.07, 6.45) is 0.688. The van der Waals surface area contributed by atoms with E-state index in [0.717, 1.165) is 0 Å². The van der Waals surface area contributed by atoms with Gasteiger partial charge in [-0.25, -0.2) is 17.9 Å². The van der Waals surface area contributed by atoms with E-state index in [1.807, 2.05) is 6.92 Å². The zero-order valence-electron chi connectivity index (χ0n) is 11.2. The normalized spacial score (nSPS) is 11.8. The van der Waals surface area contributed by atoms with Gasteiger partial charge in [0.25, 0.3) is 15.2 Å². The zero-order valence-corrected chi connectivity index (χ0v) is 12.0. The summed E-state index contributed by atoms with van der Waals surface area (Å²) in [5.41, 5.74) is 1.05. The Hall–Kier alpha value is -1.80. The molecule has 1 heterocycles. The molecule has 1 aromatic heterocycles. The van der Waals surface area contributed by atoms with Crippen molar-refractivity contribution in [2.45, 2.75) is 32.0 Å². The van der Waals surface area contributed by atoms with Crippen molar-refractivity contribution in [1.82, 2.24) is 14.8 Å². The fourth-order valence-corrected chi connectivity index (χ4v) is 2.56. The Balaban J connectivity index is 2.62. The first-order valence-corrected chi connectivity index (χ1v) is 7.61. The number of hydrogen-bond donors (Lipinski definition) is 1. The van der Waals surface area contributed by atoms with Gasteiger partial charge in [-0.05, 0) is 37.1 Å². The second-order valence-corrected chi connectivity index (χ2v) is 5.92. The summed E-state index contributed by atoms with van der Waals surface area (Å²) in [6, 6.07) is 4.44. The fraction of sp³-hybridized carbons (Fsp3) is 0.333. The number of aromatic nitrogens is 3. The lowest BCUT2D eigenvalue weighted by Gasteiger charge is -2.08. The highest BCUT2D eigenvalue weighted by Gasteiger charge is 2.21. The number of nitrogens with two attached hydrogens (primary N) is 1. The monoisotopic (exact) mass is 298 g/mol. The molecule has 2 aromatic rings. The summed E-state index contributed by atoms with van der Waals surface area (Å²) < 4.78 is 37.7. The van der Waals surface area contributed by atoms with Crippen molar-refractivity contribution in [2.75, 3.05) is 0 Å². The predicted octanol–water partition coefficient (Wildman–Crippen LogP) is 1.45. The first kappa shape index (κ1) is 14.6. The number of hydrogen-bond acceptors (Lipinski definition) is 4. The van der Waals surface area contributed by atoms with E-state index < -0.39 is 10.0 Å². The maximum atomic E-state index is 13.3. The van der Waals surface area contributed by atoms with E-state index in [9.17, 15) is 12.8 Å². The van der Waals surface area contributed by atoms with Crippen molar-refractivity contribution < 1.29 is 12.8 Å². The Bertz CT molecular complexity index is 740. The van der Waals surface area contributed by atoms with E-state index in [1.54, 1.807) is 13.0 Å². The fourth-order valence-electron chi connectivity index (χ4n) is 1.92. The molecule has 2 N–H and O–H groups in total. The summed E-state index contributed by atoms with van der Waals surface area (Å²) in [5.74, 6) is 0.0287. The van der Waals surface area contributed by atoms with E-state index in [2.05, 4.69) is 10.2 Å². The van der Waals surface area contributed by atoms with Crippen LogP contribution >= 0.6 is 0 Å². The minimum Gasteiger partial charge on any atom is -0.297 e. The predicted molar refractivity (Wildman–Crippen MR) is 71.8 cm³/mol. The quantitative estimate of drug-likeness (QED) is 0.925. The molecule has 8 heteroatoms. The van der Waals surface area contributed by atoms with Crippen LogP contribution in [0.25, 0.3) is 11.4 Å². The van der Waals surface area contributed by atoms with Crippen molar-refractivity contribution in [1.29, 1.82) is 0 Å². The Morgan fingerprint density at radius 1 is 1.35 bits per heavy atom. The molecule has 0 saturated heterocycles. The molecule has 0 saturated carbocycles. The van der Waals surface area contributed by atoms with Gasteiger partial charge in [0.2, 0.25) is 0 Å². The number of halogens is 1. The van der Waals surface area contributed by atoms with Crippen molar-refractivity contribution >= 4 is 10.0 Å².